The van der Waals surface area contributed by atoms with E-state index in [1.165, 1.54) is 16.7 Å². The lowest BCUT2D eigenvalue weighted by Crippen LogP contribution is -2.18. The molecule has 0 aliphatic rings. The van der Waals surface area contributed by atoms with Gasteiger partial charge in [-0.1, -0.05) is 101 Å². The van der Waals surface area contributed by atoms with Crippen molar-refractivity contribution in [2.24, 2.45) is 0 Å². The lowest BCUT2D eigenvalue weighted by Gasteiger charge is -2.28. The van der Waals surface area contributed by atoms with Gasteiger partial charge in [0.15, 0.2) is 0 Å². The number of para-hydroxylation sites is 1. The normalized spacial score (nSPS) is 13.4. The lowest BCUT2D eigenvalue weighted by atomic mass is 9.78. The van der Waals surface area contributed by atoms with Crippen molar-refractivity contribution in [2.45, 2.75) is 105 Å². The number of benzene rings is 3. The predicted molar refractivity (Wildman–Crippen MR) is 171 cm³/mol. The number of nitrogens with zero attached hydrogens (tertiary/aromatic N) is 2. The van der Waals surface area contributed by atoms with Crippen molar-refractivity contribution in [1.29, 1.82) is 0 Å². The largest absolute Gasteiger partial charge is 0.507 e. The second kappa shape index (κ2) is 9.51. The molecule has 0 amide bonds. The average molecular weight is 590 g/mol. The number of aromatic nitrogens is 2. The molecule has 208 valence electrons. The first-order chi connectivity index (χ1) is 17.7. The number of rotatable bonds is 2. The molecule has 0 aliphatic heterocycles. The summed E-state index contributed by atoms with van der Waals surface area (Å²) in [6.45, 7) is 26.7. The van der Waals surface area contributed by atoms with Crippen LogP contribution in [0.2, 0.25) is 0 Å². The van der Waals surface area contributed by atoms with E-state index in [9.17, 15) is 5.11 Å². The standard InChI is InChI=1S/C35H45BrN2O/c1-32(2,3)21-16-22(33(4,5)6)18-24(17-21)38-28-15-13-14-27(36)29(28)37-31(38)25-19-23(34(7,8)9)20-26(30(25)39)35(10,11)12/h13-20,39H,1-12H3. The first-order valence-corrected chi connectivity index (χ1v) is 14.7. The van der Waals surface area contributed by atoms with Crippen molar-refractivity contribution in [3.63, 3.8) is 0 Å². The zero-order valence-electron chi connectivity index (χ0n) is 25.8. The van der Waals surface area contributed by atoms with E-state index < -0.39 is 0 Å². The molecule has 0 unspecified atom stereocenters. The van der Waals surface area contributed by atoms with Gasteiger partial charge in [0.25, 0.3) is 0 Å². The van der Waals surface area contributed by atoms with E-state index in [1.54, 1.807) is 0 Å². The number of fused-ring (bicyclic) bond motifs is 1. The molecular weight excluding hydrogens is 544 g/mol. The van der Waals surface area contributed by atoms with Crippen LogP contribution in [0.5, 0.6) is 5.75 Å². The number of phenols is 1. The summed E-state index contributed by atoms with van der Waals surface area (Å²) in [6.07, 6.45) is 0. The van der Waals surface area contributed by atoms with Gasteiger partial charge >= 0.3 is 0 Å². The molecule has 0 saturated heterocycles. The molecule has 3 aromatic carbocycles. The topological polar surface area (TPSA) is 38.0 Å². The molecule has 4 heteroatoms. The zero-order chi connectivity index (χ0) is 29.3. The van der Waals surface area contributed by atoms with Gasteiger partial charge in [-0.3, -0.25) is 4.57 Å². The molecule has 0 saturated carbocycles. The third-order valence-corrected chi connectivity index (χ3v) is 8.21. The van der Waals surface area contributed by atoms with Crippen LogP contribution in [-0.2, 0) is 21.7 Å². The van der Waals surface area contributed by atoms with Gasteiger partial charge in [0, 0.05) is 15.7 Å². The summed E-state index contributed by atoms with van der Waals surface area (Å²) < 4.78 is 3.17. The molecule has 1 aromatic heterocycles. The SMILES string of the molecule is CC(C)(C)c1cc(-n2c(-c3cc(C(C)(C)C)cc(C(C)(C)C)c3O)nc3c(Br)cccc32)cc(C(C)(C)C)c1. The summed E-state index contributed by atoms with van der Waals surface area (Å²) >= 11 is 3.75. The third kappa shape index (κ3) is 5.68. The van der Waals surface area contributed by atoms with Gasteiger partial charge in [0.1, 0.15) is 17.1 Å². The Balaban J connectivity index is 2.20. The van der Waals surface area contributed by atoms with Crippen LogP contribution in [0.4, 0.5) is 0 Å². The Labute approximate surface area is 243 Å². The first kappa shape index (κ1) is 29.4. The predicted octanol–water partition coefficient (Wildman–Crippen LogP) is 10.4. The van der Waals surface area contributed by atoms with E-state index in [1.807, 2.05) is 6.07 Å². The van der Waals surface area contributed by atoms with Crippen molar-refractivity contribution in [1.82, 2.24) is 9.55 Å². The first-order valence-electron chi connectivity index (χ1n) is 13.9. The van der Waals surface area contributed by atoms with Crippen molar-refractivity contribution in [3.8, 4) is 22.8 Å². The van der Waals surface area contributed by atoms with Crippen molar-refractivity contribution in [2.75, 3.05) is 0 Å². The number of phenolic OH excluding ortho intramolecular Hbond substituents is 1. The Hall–Kier alpha value is -2.59. The minimum Gasteiger partial charge on any atom is -0.507 e. The van der Waals surface area contributed by atoms with Crippen LogP contribution < -0.4 is 0 Å². The lowest BCUT2D eigenvalue weighted by molar-refractivity contribution is 0.446. The minimum atomic E-state index is -0.233. The van der Waals surface area contributed by atoms with Crippen LogP contribution in [-0.4, -0.2) is 14.7 Å². The summed E-state index contributed by atoms with van der Waals surface area (Å²) in [7, 11) is 0. The van der Waals surface area contributed by atoms with Crippen LogP contribution in [0.1, 0.15) is 105 Å². The Morgan fingerprint density at radius 2 is 1.18 bits per heavy atom. The van der Waals surface area contributed by atoms with E-state index >= 15 is 0 Å². The monoisotopic (exact) mass is 588 g/mol. The molecule has 1 heterocycles. The highest BCUT2D eigenvalue weighted by Crippen LogP contribution is 2.44. The van der Waals surface area contributed by atoms with E-state index in [0.717, 1.165) is 38.1 Å². The number of imidazole rings is 1. The maximum atomic E-state index is 11.8. The second-order valence-electron chi connectivity index (χ2n) is 15.1. The number of hydrogen-bond acceptors (Lipinski definition) is 2. The summed E-state index contributed by atoms with van der Waals surface area (Å²) in [5.41, 5.74) is 7.97. The quantitative estimate of drug-likeness (QED) is 0.253. The third-order valence-electron chi connectivity index (χ3n) is 7.57. The summed E-state index contributed by atoms with van der Waals surface area (Å²) in [4.78, 5) is 5.21. The fourth-order valence-corrected chi connectivity index (χ4v) is 5.37. The number of aromatic hydroxyl groups is 1. The molecule has 0 radical (unpaired) electrons. The van der Waals surface area contributed by atoms with Gasteiger partial charge in [0.05, 0.1) is 11.1 Å². The maximum Gasteiger partial charge on any atom is 0.149 e. The molecule has 0 bridgehead atoms. The molecule has 1 N–H and O–H groups in total. The molecule has 39 heavy (non-hydrogen) atoms. The van der Waals surface area contributed by atoms with E-state index in [4.69, 9.17) is 4.98 Å². The highest BCUT2D eigenvalue weighted by molar-refractivity contribution is 9.10. The zero-order valence-corrected chi connectivity index (χ0v) is 27.4. The van der Waals surface area contributed by atoms with Crippen molar-refractivity contribution < 1.29 is 5.11 Å². The molecule has 0 fully saturated rings. The number of halogens is 1. The molecule has 4 rings (SSSR count). The molecule has 4 aromatic rings. The van der Waals surface area contributed by atoms with Crippen molar-refractivity contribution in [3.05, 3.63) is 75.3 Å². The fourth-order valence-electron chi connectivity index (χ4n) is 4.92. The van der Waals surface area contributed by atoms with Gasteiger partial charge in [-0.2, -0.15) is 0 Å². The molecule has 0 aliphatic carbocycles. The maximum absolute atomic E-state index is 11.8. The highest BCUT2D eigenvalue weighted by atomic mass is 79.9. The summed E-state index contributed by atoms with van der Waals surface area (Å²) in [5.74, 6) is 1.04. The Bertz CT molecular complexity index is 1520. The van der Waals surface area contributed by atoms with Crippen LogP contribution in [0.15, 0.2) is 53.0 Å². The van der Waals surface area contributed by atoms with Crippen molar-refractivity contribution >= 4 is 27.0 Å². The van der Waals surface area contributed by atoms with Gasteiger partial charge in [-0.15, -0.1) is 0 Å². The Morgan fingerprint density at radius 1 is 0.667 bits per heavy atom. The highest BCUT2D eigenvalue weighted by Gasteiger charge is 2.29. The molecule has 3 nitrogen and oxygen atoms in total. The summed E-state index contributed by atoms with van der Waals surface area (Å²) in [5, 5.41) is 11.8. The second-order valence-corrected chi connectivity index (χ2v) is 15.9. The van der Waals surface area contributed by atoms with Crippen LogP contribution in [0.25, 0.3) is 28.1 Å². The van der Waals surface area contributed by atoms with E-state index in [0.29, 0.717) is 5.75 Å². The Morgan fingerprint density at radius 3 is 1.67 bits per heavy atom. The van der Waals surface area contributed by atoms with E-state index in [2.05, 4.69) is 146 Å². The molecule has 0 atom stereocenters. The van der Waals surface area contributed by atoms with Crippen LogP contribution >= 0.6 is 15.9 Å². The Kier molecular flexibility index (Phi) is 7.17. The van der Waals surface area contributed by atoms with Crippen LogP contribution in [0.3, 0.4) is 0 Å². The van der Waals surface area contributed by atoms with Gasteiger partial charge < -0.3 is 5.11 Å². The summed E-state index contributed by atoms with van der Waals surface area (Å²) in [6, 6.07) is 17.4. The molecule has 0 spiro atoms. The van der Waals surface area contributed by atoms with Gasteiger partial charge in [-0.25, -0.2) is 4.98 Å². The van der Waals surface area contributed by atoms with Crippen LogP contribution in [0, 0.1) is 0 Å². The van der Waals surface area contributed by atoms with E-state index in [-0.39, 0.29) is 21.7 Å². The smallest absolute Gasteiger partial charge is 0.149 e. The average Bonchev–Trinajstić information content (AvgIpc) is 3.17. The minimum absolute atomic E-state index is 0.0269. The number of hydrogen-bond donors (Lipinski definition) is 1. The van der Waals surface area contributed by atoms with Gasteiger partial charge in [-0.05, 0) is 84.6 Å². The molecular formula is C35H45BrN2O. The fraction of sp³-hybridized carbons (Fsp3) is 0.457. The van der Waals surface area contributed by atoms with Gasteiger partial charge in [0.2, 0.25) is 0 Å².